The van der Waals surface area contributed by atoms with Crippen molar-refractivity contribution in [2.45, 2.75) is 51.6 Å². The summed E-state index contributed by atoms with van der Waals surface area (Å²) in [6.45, 7) is 2.62. The number of amides is 1. The van der Waals surface area contributed by atoms with Gasteiger partial charge in [0.1, 0.15) is 0 Å². The van der Waals surface area contributed by atoms with Crippen LogP contribution < -0.4 is 11.1 Å². The molecule has 0 bridgehead atoms. The van der Waals surface area contributed by atoms with Crippen LogP contribution >= 0.6 is 0 Å². The molecule has 104 valence electrons. The third-order valence-corrected chi connectivity index (χ3v) is 3.88. The summed E-state index contributed by atoms with van der Waals surface area (Å²) < 4.78 is 0. The zero-order valence-corrected chi connectivity index (χ0v) is 11.6. The van der Waals surface area contributed by atoms with Crippen molar-refractivity contribution in [2.24, 2.45) is 11.7 Å². The molecule has 0 saturated heterocycles. The first kappa shape index (κ1) is 14.0. The van der Waals surface area contributed by atoms with E-state index in [2.05, 4.69) is 23.3 Å². The molecular weight excluding hydrogens is 238 g/mol. The van der Waals surface area contributed by atoms with Crippen LogP contribution in [0.2, 0.25) is 0 Å². The second-order valence-corrected chi connectivity index (χ2v) is 5.30. The highest BCUT2D eigenvalue weighted by Gasteiger charge is 2.25. The van der Waals surface area contributed by atoms with E-state index in [1.54, 1.807) is 6.20 Å². The maximum Gasteiger partial charge on any atom is 0.223 e. The monoisotopic (exact) mass is 261 g/mol. The fraction of sp³-hybridized carbons (Fsp3) is 0.600. The van der Waals surface area contributed by atoms with Crippen LogP contribution in [0, 0.1) is 5.92 Å². The number of nitrogens with zero attached hydrogens (tertiary/aromatic N) is 1. The average Bonchev–Trinajstić information content (AvgIpc) is 2.45. The van der Waals surface area contributed by atoms with E-state index in [9.17, 15) is 4.79 Å². The quantitative estimate of drug-likeness (QED) is 0.868. The standard InChI is InChI=1S/C15H23N3O/c1-2-11-6-4-8-17-14(11)10-18-15(19)12-5-3-7-13(16)9-12/h4,6,8,12-13H,2-3,5,7,9-10,16H2,1H3,(H,18,19). The lowest BCUT2D eigenvalue weighted by atomic mass is 9.85. The second-order valence-electron chi connectivity index (χ2n) is 5.30. The first-order valence-corrected chi connectivity index (χ1v) is 7.16. The number of rotatable bonds is 4. The molecule has 2 unspecified atom stereocenters. The van der Waals surface area contributed by atoms with Gasteiger partial charge in [0.15, 0.2) is 0 Å². The smallest absolute Gasteiger partial charge is 0.223 e. The minimum Gasteiger partial charge on any atom is -0.350 e. The number of carbonyl (C=O) groups is 1. The molecule has 2 rings (SSSR count). The van der Waals surface area contributed by atoms with E-state index in [0.29, 0.717) is 6.54 Å². The number of pyridine rings is 1. The van der Waals surface area contributed by atoms with Crippen molar-refractivity contribution in [2.75, 3.05) is 0 Å². The largest absolute Gasteiger partial charge is 0.350 e. The highest BCUT2D eigenvalue weighted by molar-refractivity contribution is 5.78. The van der Waals surface area contributed by atoms with Crippen molar-refractivity contribution in [3.8, 4) is 0 Å². The Balaban J connectivity index is 1.89. The van der Waals surface area contributed by atoms with Crippen LogP contribution in [0.1, 0.15) is 43.9 Å². The summed E-state index contributed by atoms with van der Waals surface area (Å²) in [6, 6.07) is 4.18. The fourth-order valence-electron chi connectivity index (χ4n) is 2.73. The molecule has 4 heteroatoms. The number of aryl methyl sites for hydroxylation is 1. The van der Waals surface area contributed by atoms with Gasteiger partial charge in [-0.15, -0.1) is 0 Å². The van der Waals surface area contributed by atoms with E-state index in [1.807, 2.05) is 6.07 Å². The van der Waals surface area contributed by atoms with Crippen molar-refractivity contribution in [3.05, 3.63) is 29.6 Å². The van der Waals surface area contributed by atoms with E-state index in [-0.39, 0.29) is 17.9 Å². The van der Waals surface area contributed by atoms with Crippen LogP contribution in [0.4, 0.5) is 0 Å². The maximum absolute atomic E-state index is 12.1. The Kier molecular flexibility index (Phi) is 4.91. The molecule has 1 aromatic rings. The number of nitrogens with one attached hydrogen (secondary N) is 1. The first-order valence-electron chi connectivity index (χ1n) is 7.16. The van der Waals surface area contributed by atoms with E-state index in [4.69, 9.17) is 5.73 Å². The summed E-state index contributed by atoms with van der Waals surface area (Å²) in [5.74, 6) is 0.209. The minimum absolute atomic E-state index is 0.0811. The molecule has 0 aliphatic heterocycles. The Labute approximate surface area is 114 Å². The molecule has 1 heterocycles. The molecule has 4 nitrogen and oxygen atoms in total. The fourth-order valence-corrected chi connectivity index (χ4v) is 2.73. The highest BCUT2D eigenvalue weighted by atomic mass is 16.1. The van der Waals surface area contributed by atoms with Crippen molar-refractivity contribution in [1.82, 2.24) is 10.3 Å². The summed E-state index contributed by atoms with van der Waals surface area (Å²) in [7, 11) is 0. The summed E-state index contributed by atoms with van der Waals surface area (Å²) in [5, 5.41) is 3.01. The van der Waals surface area contributed by atoms with E-state index < -0.39 is 0 Å². The number of aromatic nitrogens is 1. The molecular formula is C15H23N3O. The predicted molar refractivity (Wildman–Crippen MR) is 75.4 cm³/mol. The topological polar surface area (TPSA) is 68.0 Å². The van der Waals surface area contributed by atoms with Gasteiger partial charge >= 0.3 is 0 Å². The SMILES string of the molecule is CCc1cccnc1CNC(=O)C1CCCC(N)C1. The number of hydrogen-bond acceptors (Lipinski definition) is 3. The lowest BCUT2D eigenvalue weighted by molar-refractivity contribution is -0.126. The molecule has 0 spiro atoms. The molecule has 1 amide bonds. The van der Waals surface area contributed by atoms with Crippen molar-refractivity contribution < 1.29 is 4.79 Å². The Bertz CT molecular complexity index is 433. The van der Waals surface area contributed by atoms with Crippen LogP contribution in [0.3, 0.4) is 0 Å². The summed E-state index contributed by atoms with van der Waals surface area (Å²) in [6.07, 6.45) is 6.59. The van der Waals surface area contributed by atoms with Gasteiger partial charge in [-0.1, -0.05) is 19.4 Å². The lowest BCUT2D eigenvalue weighted by Gasteiger charge is -2.25. The van der Waals surface area contributed by atoms with Gasteiger partial charge in [-0.25, -0.2) is 0 Å². The van der Waals surface area contributed by atoms with Gasteiger partial charge in [0.05, 0.1) is 12.2 Å². The molecule has 19 heavy (non-hydrogen) atoms. The molecule has 0 aromatic carbocycles. The third-order valence-electron chi connectivity index (χ3n) is 3.88. The van der Waals surface area contributed by atoms with Gasteiger partial charge in [-0.3, -0.25) is 9.78 Å². The Hall–Kier alpha value is -1.42. The van der Waals surface area contributed by atoms with Crippen LogP contribution in [-0.2, 0) is 17.8 Å². The maximum atomic E-state index is 12.1. The van der Waals surface area contributed by atoms with E-state index in [0.717, 1.165) is 37.8 Å². The number of hydrogen-bond donors (Lipinski definition) is 2. The van der Waals surface area contributed by atoms with Gasteiger partial charge in [0.2, 0.25) is 5.91 Å². The van der Waals surface area contributed by atoms with Gasteiger partial charge in [-0.05, 0) is 37.3 Å². The number of carbonyl (C=O) groups excluding carboxylic acids is 1. The molecule has 1 aromatic heterocycles. The normalized spacial score (nSPS) is 23.1. The van der Waals surface area contributed by atoms with Crippen LogP contribution in [0.25, 0.3) is 0 Å². The van der Waals surface area contributed by atoms with Gasteiger partial charge < -0.3 is 11.1 Å². The third kappa shape index (κ3) is 3.77. The number of nitrogens with two attached hydrogens (primary N) is 1. The summed E-state index contributed by atoms with van der Waals surface area (Å²) in [4.78, 5) is 16.5. The molecule has 3 N–H and O–H groups in total. The molecule has 1 fully saturated rings. The van der Waals surface area contributed by atoms with Gasteiger partial charge in [0, 0.05) is 18.2 Å². The summed E-state index contributed by atoms with van der Waals surface area (Å²) in [5.41, 5.74) is 8.09. The molecule has 2 atom stereocenters. The van der Waals surface area contributed by atoms with E-state index >= 15 is 0 Å². The van der Waals surface area contributed by atoms with Crippen molar-refractivity contribution >= 4 is 5.91 Å². The summed E-state index contributed by atoms with van der Waals surface area (Å²) >= 11 is 0. The van der Waals surface area contributed by atoms with Crippen LogP contribution in [0.5, 0.6) is 0 Å². The van der Waals surface area contributed by atoms with Crippen LogP contribution in [0.15, 0.2) is 18.3 Å². The van der Waals surface area contributed by atoms with Crippen molar-refractivity contribution in [1.29, 1.82) is 0 Å². The average molecular weight is 261 g/mol. The van der Waals surface area contributed by atoms with Gasteiger partial charge in [0.25, 0.3) is 0 Å². The predicted octanol–water partition coefficient (Wildman–Crippen LogP) is 1.78. The highest BCUT2D eigenvalue weighted by Crippen LogP contribution is 2.23. The Morgan fingerprint density at radius 2 is 2.37 bits per heavy atom. The Morgan fingerprint density at radius 3 is 3.11 bits per heavy atom. The molecule has 1 aliphatic rings. The zero-order valence-electron chi connectivity index (χ0n) is 11.6. The first-order chi connectivity index (χ1) is 9.20. The second kappa shape index (κ2) is 6.66. The molecule has 0 radical (unpaired) electrons. The van der Waals surface area contributed by atoms with Crippen LogP contribution in [-0.4, -0.2) is 16.9 Å². The van der Waals surface area contributed by atoms with E-state index in [1.165, 1.54) is 5.56 Å². The molecule has 1 aliphatic carbocycles. The van der Waals surface area contributed by atoms with Gasteiger partial charge in [-0.2, -0.15) is 0 Å². The minimum atomic E-state index is 0.0811. The Morgan fingerprint density at radius 1 is 1.53 bits per heavy atom. The van der Waals surface area contributed by atoms with Crippen molar-refractivity contribution in [3.63, 3.8) is 0 Å². The lowest BCUT2D eigenvalue weighted by Crippen LogP contribution is -2.37. The zero-order chi connectivity index (χ0) is 13.7. The molecule has 1 saturated carbocycles.